The van der Waals surface area contributed by atoms with Crippen LogP contribution in [0.15, 0.2) is 10.9 Å². The van der Waals surface area contributed by atoms with Crippen molar-refractivity contribution in [1.29, 1.82) is 0 Å². The van der Waals surface area contributed by atoms with E-state index in [-0.39, 0.29) is 18.9 Å². The zero-order chi connectivity index (χ0) is 11.9. The molecular formula is C8H8F3N3O2. The van der Waals surface area contributed by atoms with E-state index in [1.54, 1.807) is 0 Å². The van der Waals surface area contributed by atoms with Gasteiger partial charge in [0, 0.05) is 6.54 Å². The first kappa shape index (κ1) is 10.8. The van der Waals surface area contributed by atoms with E-state index < -0.39 is 23.7 Å². The van der Waals surface area contributed by atoms with Crippen LogP contribution in [0.4, 0.5) is 19.1 Å². The second-order valence-corrected chi connectivity index (χ2v) is 3.42. The molecule has 5 nitrogen and oxygen atoms in total. The number of halogens is 3. The van der Waals surface area contributed by atoms with Crippen LogP contribution in [0.3, 0.4) is 0 Å². The predicted octanol–water partition coefficient (Wildman–Crippen LogP) is 0.868. The number of aromatic hydroxyl groups is 1. The summed E-state index contributed by atoms with van der Waals surface area (Å²) in [5.74, 6) is -0.842. The number of nitrogens with zero attached hydrogens (tertiary/aromatic N) is 2. The van der Waals surface area contributed by atoms with Gasteiger partial charge in [0.2, 0.25) is 11.8 Å². The molecule has 0 aliphatic carbocycles. The van der Waals surface area contributed by atoms with Crippen LogP contribution in [-0.2, 0) is 0 Å². The van der Waals surface area contributed by atoms with Gasteiger partial charge in [0.15, 0.2) is 0 Å². The van der Waals surface area contributed by atoms with E-state index in [4.69, 9.17) is 5.11 Å². The van der Waals surface area contributed by atoms with Gasteiger partial charge in [-0.05, 0) is 6.42 Å². The van der Waals surface area contributed by atoms with Gasteiger partial charge in [-0.25, -0.2) is 0 Å². The van der Waals surface area contributed by atoms with Crippen molar-refractivity contribution in [1.82, 2.24) is 9.55 Å². The number of anilines is 1. The van der Waals surface area contributed by atoms with Crippen molar-refractivity contribution in [2.24, 2.45) is 0 Å². The van der Waals surface area contributed by atoms with Crippen molar-refractivity contribution >= 4 is 5.95 Å². The number of nitrogens with one attached hydrogen (secondary N) is 1. The lowest BCUT2D eigenvalue weighted by atomic mass is 10.1. The Kier molecular flexibility index (Phi) is 2.28. The minimum Gasteiger partial charge on any atom is -0.493 e. The number of fused-ring (bicyclic) bond motifs is 1. The van der Waals surface area contributed by atoms with E-state index >= 15 is 0 Å². The van der Waals surface area contributed by atoms with Gasteiger partial charge in [0.05, 0.1) is 6.07 Å². The Bertz CT molecular complexity index is 469. The lowest BCUT2D eigenvalue weighted by Gasteiger charge is -2.29. The molecule has 8 heteroatoms. The molecular weight excluding hydrogens is 227 g/mol. The Hall–Kier alpha value is -1.73. The second-order valence-electron chi connectivity index (χ2n) is 3.42. The van der Waals surface area contributed by atoms with E-state index in [0.29, 0.717) is 10.6 Å². The van der Waals surface area contributed by atoms with Crippen LogP contribution in [0.25, 0.3) is 0 Å². The fraction of sp³-hybridized carbons (Fsp3) is 0.500. The smallest absolute Gasteiger partial charge is 0.409 e. The molecule has 0 spiro atoms. The molecule has 1 unspecified atom stereocenters. The first-order valence-electron chi connectivity index (χ1n) is 4.53. The SMILES string of the molecule is O=c1cc(O)nc2n1C(C(F)(F)F)CCN2. The van der Waals surface area contributed by atoms with Crippen molar-refractivity contribution in [3.05, 3.63) is 16.4 Å². The van der Waals surface area contributed by atoms with E-state index in [1.165, 1.54) is 0 Å². The van der Waals surface area contributed by atoms with Crippen molar-refractivity contribution in [3.63, 3.8) is 0 Å². The summed E-state index contributed by atoms with van der Waals surface area (Å²) in [6.07, 6.45) is -4.73. The highest BCUT2D eigenvalue weighted by molar-refractivity contribution is 5.32. The van der Waals surface area contributed by atoms with Gasteiger partial charge < -0.3 is 10.4 Å². The third kappa shape index (κ3) is 1.70. The molecule has 2 rings (SSSR count). The summed E-state index contributed by atoms with van der Waals surface area (Å²) in [5, 5.41) is 11.6. The maximum Gasteiger partial charge on any atom is 0.409 e. The Labute approximate surface area is 87.5 Å². The van der Waals surface area contributed by atoms with Gasteiger partial charge >= 0.3 is 6.18 Å². The van der Waals surface area contributed by atoms with Crippen molar-refractivity contribution in [2.75, 3.05) is 11.9 Å². The van der Waals surface area contributed by atoms with Gasteiger partial charge in [-0.15, -0.1) is 0 Å². The van der Waals surface area contributed by atoms with E-state index in [1.807, 2.05) is 0 Å². The van der Waals surface area contributed by atoms with E-state index in [9.17, 15) is 18.0 Å². The molecule has 0 fully saturated rings. The molecule has 1 aromatic heterocycles. The second kappa shape index (κ2) is 3.39. The van der Waals surface area contributed by atoms with Gasteiger partial charge in [-0.3, -0.25) is 9.36 Å². The molecule has 1 atom stereocenters. The molecule has 0 bridgehead atoms. The summed E-state index contributed by atoms with van der Waals surface area (Å²) in [6, 6.07) is -1.22. The van der Waals surface area contributed by atoms with Crippen LogP contribution in [-0.4, -0.2) is 27.4 Å². The van der Waals surface area contributed by atoms with Gasteiger partial charge in [-0.1, -0.05) is 0 Å². The molecule has 1 aliphatic rings. The highest BCUT2D eigenvalue weighted by atomic mass is 19.4. The minimum atomic E-state index is -4.50. The molecule has 0 saturated heterocycles. The lowest BCUT2D eigenvalue weighted by molar-refractivity contribution is -0.170. The summed E-state index contributed by atoms with van der Waals surface area (Å²) in [4.78, 5) is 14.8. The molecule has 2 N–H and O–H groups in total. The number of alkyl halides is 3. The van der Waals surface area contributed by atoms with Crippen LogP contribution >= 0.6 is 0 Å². The Morgan fingerprint density at radius 2 is 2.25 bits per heavy atom. The van der Waals surface area contributed by atoms with E-state index in [2.05, 4.69) is 10.3 Å². The number of rotatable bonds is 0. The van der Waals surface area contributed by atoms with Crippen LogP contribution in [0, 0.1) is 0 Å². The van der Waals surface area contributed by atoms with Crippen LogP contribution in [0.1, 0.15) is 12.5 Å². The Balaban J connectivity index is 2.59. The van der Waals surface area contributed by atoms with Gasteiger partial charge in [0.25, 0.3) is 5.56 Å². The van der Waals surface area contributed by atoms with Gasteiger partial charge in [0.1, 0.15) is 6.04 Å². The monoisotopic (exact) mass is 235 g/mol. The highest BCUT2D eigenvalue weighted by Crippen LogP contribution is 2.35. The summed E-state index contributed by atoms with van der Waals surface area (Å²) in [6.45, 7) is 0.0556. The number of hydrogen-bond acceptors (Lipinski definition) is 4. The number of hydrogen-bond donors (Lipinski definition) is 2. The maximum atomic E-state index is 12.6. The first-order chi connectivity index (χ1) is 7.39. The first-order valence-corrected chi connectivity index (χ1v) is 4.53. The number of aromatic nitrogens is 2. The van der Waals surface area contributed by atoms with Gasteiger partial charge in [-0.2, -0.15) is 18.2 Å². The zero-order valence-electron chi connectivity index (χ0n) is 7.95. The topological polar surface area (TPSA) is 67.1 Å². The lowest BCUT2D eigenvalue weighted by Crippen LogP contribution is -2.40. The molecule has 1 aromatic rings. The van der Waals surface area contributed by atoms with Crippen LogP contribution in [0.5, 0.6) is 5.88 Å². The van der Waals surface area contributed by atoms with Crippen LogP contribution in [0.2, 0.25) is 0 Å². The summed E-state index contributed by atoms with van der Waals surface area (Å²) >= 11 is 0. The highest BCUT2D eigenvalue weighted by Gasteiger charge is 2.43. The molecule has 0 radical (unpaired) electrons. The van der Waals surface area contributed by atoms with Crippen molar-refractivity contribution in [2.45, 2.75) is 18.6 Å². The van der Waals surface area contributed by atoms with Crippen molar-refractivity contribution in [3.8, 4) is 5.88 Å². The third-order valence-electron chi connectivity index (χ3n) is 2.33. The predicted molar refractivity (Wildman–Crippen MR) is 48.4 cm³/mol. The largest absolute Gasteiger partial charge is 0.493 e. The third-order valence-corrected chi connectivity index (χ3v) is 2.33. The summed E-state index contributed by atoms with van der Waals surface area (Å²) < 4.78 is 38.4. The van der Waals surface area contributed by atoms with Crippen molar-refractivity contribution < 1.29 is 18.3 Å². The molecule has 1 aliphatic heterocycles. The van der Waals surface area contributed by atoms with Crippen LogP contribution < -0.4 is 10.9 Å². The molecule has 16 heavy (non-hydrogen) atoms. The fourth-order valence-corrected chi connectivity index (χ4v) is 1.66. The maximum absolute atomic E-state index is 12.6. The summed E-state index contributed by atoms with van der Waals surface area (Å²) in [5.41, 5.74) is -0.919. The quantitative estimate of drug-likeness (QED) is 0.700. The molecule has 0 saturated carbocycles. The minimum absolute atomic E-state index is 0.0556. The average Bonchev–Trinajstić information content (AvgIpc) is 2.14. The molecule has 0 amide bonds. The fourth-order valence-electron chi connectivity index (χ4n) is 1.66. The molecule has 0 aromatic carbocycles. The zero-order valence-corrected chi connectivity index (χ0v) is 7.95. The normalized spacial score (nSPS) is 20.1. The molecule has 88 valence electrons. The van der Waals surface area contributed by atoms with E-state index in [0.717, 1.165) is 0 Å². The standard InChI is InChI=1S/C8H8F3N3O2/c9-8(10,11)4-1-2-12-7-13-5(15)3-6(16)14(4)7/h3-4,15H,1-2H2,(H,12,13). The summed E-state index contributed by atoms with van der Waals surface area (Å²) in [7, 11) is 0. The Morgan fingerprint density at radius 3 is 2.88 bits per heavy atom. The average molecular weight is 235 g/mol. The molecule has 2 heterocycles. The Morgan fingerprint density at radius 1 is 1.56 bits per heavy atom.